The molecule has 0 bridgehead atoms. The van der Waals surface area contributed by atoms with Gasteiger partial charge in [-0.1, -0.05) is 25.4 Å². The average molecular weight is 419 g/mol. The van der Waals surface area contributed by atoms with E-state index in [9.17, 15) is 18.0 Å². The third kappa shape index (κ3) is 7.12. The molecule has 0 aliphatic carbocycles. The molecule has 0 heterocycles. The highest BCUT2D eigenvalue weighted by molar-refractivity contribution is 7.89. The second-order valence-corrected chi connectivity index (χ2v) is 9.97. The maximum Gasteiger partial charge on any atom is 0.321 e. The Labute approximate surface area is 165 Å². The van der Waals surface area contributed by atoms with E-state index in [1.807, 2.05) is 13.8 Å². The molecule has 0 spiro atoms. The van der Waals surface area contributed by atoms with Gasteiger partial charge in [-0.05, 0) is 57.4 Å². The quantitative estimate of drug-likeness (QED) is 0.653. The summed E-state index contributed by atoms with van der Waals surface area (Å²) in [6.07, 6.45) is 0.172. The first-order valence-electron chi connectivity index (χ1n) is 8.52. The number of sulfonamides is 1. The lowest BCUT2D eigenvalue weighted by molar-refractivity contribution is -0.155. The molecule has 0 fully saturated rings. The van der Waals surface area contributed by atoms with E-state index in [0.717, 1.165) is 4.31 Å². The molecule has 0 radical (unpaired) electrons. The van der Waals surface area contributed by atoms with E-state index in [1.54, 1.807) is 20.8 Å². The van der Waals surface area contributed by atoms with Crippen molar-refractivity contribution in [3.05, 3.63) is 29.3 Å². The van der Waals surface area contributed by atoms with Gasteiger partial charge in [0.05, 0.1) is 4.90 Å². The van der Waals surface area contributed by atoms with Crippen molar-refractivity contribution in [1.29, 1.82) is 0 Å². The number of amides is 1. The number of nitrogens with zero attached hydrogens (tertiary/aromatic N) is 1. The lowest BCUT2D eigenvalue weighted by atomic mass is 10.0. The summed E-state index contributed by atoms with van der Waals surface area (Å²) in [4.78, 5) is 24.2. The van der Waals surface area contributed by atoms with Gasteiger partial charge < -0.3 is 10.5 Å². The van der Waals surface area contributed by atoms with Crippen LogP contribution >= 0.6 is 11.6 Å². The molecule has 0 aliphatic heterocycles. The Kier molecular flexibility index (Phi) is 7.83. The summed E-state index contributed by atoms with van der Waals surface area (Å²) < 4.78 is 32.3. The van der Waals surface area contributed by atoms with Crippen LogP contribution in [0.15, 0.2) is 29.2 Å². The molecule has 1 unspecified atom stereocenters. The first kappa shape index (κ1) is 23.4. The molecule has 0 saturated carbocycles. The Morgan fingerprint density at radius 2 is 1.70 bits per heavy atom. The molecule has 1 aromatic rings. The minimum Gasteiger partial charge on any atom is -0.459 e. The van der Waals surface area contributed by atoms with E-state index in [0.29, 0.717) is 5.02 Å². The van der Waals surface area contributed by atoms with Gasteiger partial charge in [0.1, 0.15) is 18.2 Å². The number of carbonyl (C=O) groups is 2. The molecular weight excluding hydrogens is 392 g/mol. The van der Waals surface area contributed by atoms with Crippen LogP contribution in [0.3, 0.4) is 0 Å². The number of benzene rings is 1. The number of esters is 1. The number of primary amides is 1. The minimum absolute atomic E-state index is 0.0240. The number of halogens is 1. The molecule has 0 saturated heterocycles. The lowest BCUT2D eigenvalue weighted by Gasteiger charge is -2.30. The Morgan fingerprint density at radius 1 is 1.19 bits per heavy atom. The predicted octanol–water partition coefficient (Wildman–Crippen LogP) is 2.57. The van der Waals surface area contributed by atoms with E-state index >= 15 is 0 Å². The van der Waals surface area contributed by atoms with Crippen molar-refractivity contribution in [2.45, 2.75) is 57.6 Å². The fourth-order valence-electron chi connectivity index (χ4n) is 2.43. The van der Waals surface area contributed by atoms with Crippen molar-refractivity contribution in [1.82, 2.24) is 4.31 Å². The van der Waals surface area contributed by atoms with Crippen molar-refractivity contribution in [3.63, 3.8) is 0 Å². The van der Waals surface area contributed by atoms with E-state index in [4.69, 9.17) is 22.1 Å². The van der Waals surface area contributed by atoms with Crippen LogP contribution in [0.4, 0.5) is 0 Å². The number of ether oxygens (including phenoxy) is 1. The van der Waals surface area contributed by atoms with Gasteiger partial charge in [0.25, 0.3) is 0 Å². The van der Waals surface area contributed by atoms with Gasteiger partial charge in [0.15, 0.2) is 0 Å². The Bertz CT molecular complexity index is 770. The third-order valence-electron chi connectivity index (χ3n) is 3.50. The molecule has 1 atom stereocenters. The summed E-state index contributed by atoms with van der Waals surface area (Å²) in [6.45, 7) is 8.05. The van der Waals surface area contributed by atoms with Crippen LogP contribution in [0.25, 0.3) is 0 Å². The molecule has 0 aromatic heterocycles. The van der Waals surface area contributed by atoms with Crippen LogP contribution in [-0.2, 0) is 24.3 Å². The van der Waals surface area contributed by atoms with Crippen LogP contribution in [0.5, 0.6) is 0 Å². The number of carbonyl (C=O) groups excluding carboxylic acids is 2. The van der Waals surface area contributed by atoms with Gasteiger partial charge in [0.2, 0.25) is 15.9 Å². The summed E-state index contributed by atoms with van der Waals surface area (Å²) in [5.74, 6) is -1.62. The van der Waals surface area contributed by atoms with Crippen molar-refractivity contribution in [2.75, 3.05) is 6.54 Å². The molecule has 27 heavy (non-hydrogen) atoms. The number of hydrogen-bond donors (Lipinski definition) is 1. The normalized spacial score (nSPS) is 13.6. The van der Waals surface area contributed by atoms with E-state index in [2.05, 4.69) is 0 Å². The van der Waals surface area contributed by atoms with Gasteiger partial charge >= 0.3 is 5.97 Å². The van der Waals surface area contributed by atoms with Crippen LogP contribution in [-0.4, -0.2) is 42.8 Å². The first-order valence-corrected chi connectivity index (χ1v) is 10.3. The van der Waals surface area contributed by atoms with Crippen LogP contribution in [0.1, 0.15) is 41.0 Å². The van der Waals surface area contributed by atoms with Crippen molar-refractivity contribution >= 4 is 33.5 Å². The molecule has 7 nitrogen and oxygen atoms in total. The highest BCUT2D eigenvalue weighted by Crippen LogP contribution is 2.24. The van der Waals surface area contributed by atoms with E-state index in [-0.39, 0.29) is 17.2 Å². The summed E-state index contributed by atoms with van der Waals surface area (Å²) in [7, 11) is -4.19. The second-order valence-electron chi connectivity index (χ2n) is 7.64. The van der Waals surface area contributed by atoms with Crippen molar-refractivity contribution < 1.29 is 22.7 Å². The predicted molar refractivity (Wildman–Crippen MR) is 104 cm³/mol. The molecular formula is C18H27ClN2O5S. The topological polar surface area (TPSA) is 107 Å². The van der Waals surface area contributed by atoms with Gasteiger partial charge in [-0.15, -0.1) is 0 Å². The Morgan fingerprint density at radius 3 is 2.11 bits per heavy atom. The number of rotatable bonds is 8. The molecule has 1 amide bonds. The van der Waals surface area contributed by atoms with Crippen molar-refractivity contribution in [3.8, 4) is 0 Å². The average Bonchev–Trinajstić information content (AvgIpc) is 2.48. The molecule has 2 N–H and O–H groups in total. The maximum absolute atomic E-state index is 13.1. The summed E-state index contributed by atoms with van der Waals surface area (Å²) in [5.41, 5.74) is 4.67. The molecule has 1 rings (SSSR count). The highest BCUT2D eigenvalue weighted by Gasteiger charge is 2.37. The Hall–Kier alpha value is -1.64. The Balaban J connectivity index is 3.36. The summed E-state index contributed by atoms with van der Waals surface area (Å²) in [6, 6.07) is 4.28. The van der Waals surface area contributed by atoms with Crippen molar-refractivity contribution in [2.24, 2.45) is 11.7 Å². The van der Waals surface area contributed by atoms with Crippen LogP contribution in [0.2, 0.25) is 5.02 Å². The fraction of sp³-hybridized carbons (Fsp3) is 0.556. The number of hydrogen-bond acceptors (Lipinski definition) is 5. The highest BCUT2D eigenvalue weighted by atomic mass is 35.5. The van der Waals surface area contributed by atoms with E-state index in [1.165, 1.54) is 24.3 Å². The fourth-order valence-corrected chi connectivity index (χ4v) is 4.10. The number of nitrogens with two attached hydrogens (primary N) is 1. The second kappa shape index (κ2) is 9.03. The zero-order valence-corrected chi connectivity index (χ0v) is 17.8. The first-order chi connectivity index (χ1) is 12.2. The minimum atomic E-state index is -4.19. The molecule has 9 heteroatoms. The van der Waals surface area contributed by atoms with Gasteiger partial charge in [0, 0.05) is 5.02 Å². The molecule has 0 aliphatic rings. The SMILES string of the molecule is CC(C)CC(C(N)=O)N(CC(=O)OC(C)(C)C)S(=O)(=O)c1ccc(Cl)cc1. The zero-order chi connectivity index (χ0) is 21.0. The van der Waals surface area contributed by atoms with Gasteiger partial charge in [-0.25, -0.2) is 8.42 Å². The van der Waals surface area contributed by atoms with E-state index < -0.39 is 40.1 Å². The largest absolute Gasteiger partial charge is 0.459 e. The smallest absolute Gasteiger partial charge is 0.321 e. The molecule has 1 aromatic carbocycles. The van der Waals surface area contributed by atoms with Gasteiger partial charge in [-0.3, -0.25) is 9.59 Å². The monoisotopic (exact) mass is 418 g/mol. The summed E-state index contributed by atoms with van der Waals surface area (Å²) in [5, 5.41) is 0.362. The van der Waals surface area contributed by atoms with Gasteiger partial charge in [-0.2, -0.15) is 4.31 Å². The molecule has 152 valence electrons. The lowest BCUT2D eigenvalue weighted by Crippen LogP contribution is -2.51. The maximum atomic E-state index is 13.1. The zero-order valence-electron chi connectivity index (χ0n) is 16.2. The summed E-state index contributed by atoms with van der Waals surface area (Å²) >= 11 is 5.82. The third-order valence-corrected chi connectivity index (χ3v) is 5.62. The van der Waals surface area contributed by atoms with Crippen LogP contribution in [0, 0.1) is 5.92 Å². The standard InChI is InChI=1S/C18H27ClN2O5S/c1-12(2)10-15(17(20)23)21(11-16(22)26-18(3,4)5)27(24,25)14-8-6-13(19)7-9-14/h6-9,12,15H,10-11H2,1-5H3,(H2,20,23). The van der Waals surface area contributed by atoms with Crippen LogP contribution < -0.4 is 5.73 Å².